The quantitative estimate of drug-likeness (QED) is 0.773. The summed E-state index contributed by atoms with van der Waals surface area (Å²) in [6.45, 7) is 11.0. The Morgan fingerprint density at radius 3 is 2.42 bits per heavy atom. The number of benzene rings is 1. The number of rotatable bonds is 3. The lowest BCUT2D eigenvalue weighted by Crippen LogP contribution is -2.38. The molecule has 1 aromatic rings. The molecule has 2 nitrogen and oxygen atoms in total. The van der Waals surface area contributed by atoms with Crippen LogP contribution in [0.3, 0.4) is 0 Å². The molecular weight excluding hydrogens is 234 g/mol. The van der Waals surface area contributed by atoms with E-state index in [-0.39, 0.29) is 11.8 Å². The molecule has 1 saturated heterocycles. The van der Waals surface area contributed by atoms with Gasteiger partial charge in [-0.25, -0.2) is 0 Å². The fourth-order valence-corrected chi connectivity index (χ4v) is 2.86. The summed E-state index contributed by atoms with van der Waals surface area (Å²) >= 11 is 0. The monoisotopic (exact) mass is 259 g/mol. The SMILES string of the molecule is CC(C(=O)c1ccccc1)N1CCC(C(C)(C)C)C1. The number of Topliss-reactive ketones (excluding diaryl/α,β-unsaturated/α-hetero) is 1. The van der Waals surface area contributed by atoms with Gasteiger partial charge in [-0.1, -0.05) is 51.1 Å². The second kappa shape index (κ2) is 5.46. The summed E-state index contributed by atoms with van der Waals surface area (Å²) in [7, 11) is 0. The van der Waals surface area contributed by atoms with Crippen molar-refractivity contribution in [2.24, 2.45) is 11.3 Å². The largest absolute Gasteiger partial charge is 0.293 e. The van der Waals surface area contributed by atoms with Gasteiger partial charge in [0.25, 0.3) is 0 Å². The van der Waals surface area contributed by atoms with Crippen LogP contribution in [0.1, 0.15) is 44.5 Å². The first-order chi connectivity index (χ1) is 8.89. The van der Waals surface area contributed by atoms with Crippen molar-refractivity contribution in [3.63, 3.8) is 0 Å². The van der Waals surface area contributed by atoms with E-state index in [0.29, 0.717) is 11.3 Å². The maximum Gasteiger partial charge on any atom is 0.179 e. The Bertz CT molecular complexity index is 432. The Morgan fingerprint density at radius 2 is 1.89 bits per heavy atom. The fourth-order valence-electron chi connectivity index (χ4n) is 2.86. The first kappa shape index (κ1) is 14.3. The summed E-state index contributed by atoms with van der Waals surface area (Å²) in [6.07, 6.45) is 1.20. The molecule has 0 spiro atoms. The lowest BCUT2D eigenvalue weighted by Gasteiger charge is -2.28. The average Bonchev–Trinajstić information content (AvgIpc) is 2.87. The molecular formula is C17H25NO. The number of carbonyl (C=O) groups is 1. The van der Waals surface area contributed by atoms with Crippen molar-refractivity contribution < 1.29 is 4.79 Å². The van der Waals surface area contributed by atoms with Crippen LogP contribution in [0.4, 0.5) is 0 Å². The minimum atomic E-state index is -0.00486. The Labute approximate surface area is 116 Å². The Balaban J connectivity index is 2.02. The van der Waals surface area contributed by atoms with Gasteiger partial charge in [0.15, 0.2) is 5.78 Å². The molecule has 1 fully saturated rings. The lowest BCUT2D eigenvalue weighted by molar-refractivity contribution is 0.0853. The van der Waals surface area contributed by atoms with Gasteiger partial charge in [-0.2, -0.15) is 0 Å². The Kier molecular flexibility index (Phi) is 4.10. The van der Waals surface area contributed by atoms with E-state index in [0.717, 1.165) is 18.7 Å². The van der Waals surface area contributed by atoms with E-state index in [1.807, 2.05) is 37.3 Å². The van der Waals surface area contributed by atoms with Crippen LogP contribution in [0.2, 0.25) is 0 Å². The van der Waals surface area contributed by atoms with Crippen LogP contribution in [-0.4, -0.2) is 29.8 Å². The van der Waals surface area contributed by atoms with Crippen molar-refractivity contribution in [2.45, 2.75) is 40.2 Å². The van der Waals surface area contributed by atoms with E-state index in [4.69, 9.17) is 0 Å². The predicted octanol–water partition coefficient (Wildman–Crippen LogP) is 3.63. The number of nitrogens with zero attached hydrogens (tertiary/aromatic N) is 1. The van der Waals surface area contributed by atoms with Gasteiger partial charge in [-0.15, -0.1) is 0 Å². The van der Waals surface area contributed by atoms with Gasteiger partial charge in [0.1, 0.15) is 0 Å². The molecule has 0 amide bonds. The summed E-state index contributed by atoms with van der Waals surface area (Å²) in [5, 5.41) is 0. The van der Waals surface area contributed by atoms with Gasteiger partial charge >= 0.3 is 0 Å². The van der Waals surface area contributed by atoms with Gasteiger partial charge in [0, 0.05) is 12.1 Å². The highest BCUT2D eigenvalue weighted by atomic mass is 16.1. The van der Waals surface area contributed by atoms with Crippen LogP contribution >= 0.6 is 0 Å². The van der Waals surface area contributed by atoms with E-state index < -0.39 is 0 Å². The predicted molar refractivity (Wildman–Crippen MR) is 79.4 cm³/mol. The van der Waals surface area contributed by atoms with Gasteiger partial charge in [-0.3, -0.25) is 9.69 Å². The molecule has 0 aromatic heterocycles. The number of hydrogen-bond acceptors (Lipinski definition) is 2. The summed E-state index contributed by atoms with van der Waals surface area (Å²) in [5.74, 6) is 0.939. The molecule has 2 heteroatoms. The van der Waals surface area contributed by atoms with E-state index >= 15 is 0 Å². The third-order valence-electron chi connectivity index (χ3n) is 4.43. The minimum absolute atomic E-state index is 0.00486. The van der Waals surface area contributed by atoms with Crippen LogP contribution < -0.4 is 0 Å². The molecule has 1 aliphatic heterocycles. The summed E-state index contributed by atoms with van der Waals surface area (Å²) in [5.41, 5.74) is 1.17. The Hall–Kier alpha value is -1.15. The van der Waals surface area contributed by atoms with Crippen LogP contribution in [-0.2, 0) is 0 Å². The van der Waals surface area contributed by atoms with Crippen molar-refractivity contribution in [3.8, 4) is 0 Å². The van der Waals surface area contributed by atoms with Crippen LogP contribution in [0.5, 0.6) is 0 Å². The molecule has 2 rings (SSSR count). The summed E-state index contributed by atoms with van der Waals surface area (Å²) < 4.78 is 0. The standard InChI is InChI=1S/C17H25NO/c1-13(16(19)14-8-6-5-7-9-14)18-11-10-15(12-18)17(2,3)4/h5-9,13,15H,10-12H2,1-4H3. The zero-order chi connectivity index (χ0) is 14.0. The number of hydrogen-bond donors (Lipinski definition) is 0. The normalized spacial score (nSPS) is 22.4. The number of likely N-dealkylation sites (tertiary alicyclic amines) is 1. The van der Waals surface area contributed by atoms with E-state index in [2.05, 4.69) is 25.7 Å². The smallest absolute Gasteiger partial charge is 0.179 e. The maximum atomic E-state index is 12.4. The van der Waals surface area contributed by atoms with Gasteiger partial charge in [0.05, 0.1) is 6.04 Å². The van der Waals surface area contributed by atoms with Crippen LogP contribution in [0.25, 0.3) is 0 Å². The first-order valence-corrected chi connectivity index (χ1v) is 7.23. The molecule has 0 radical (unpaired) electrons. The molecule has 1 aliphatic rings. The average molecular weight is 259 g/mol. The zero-order valence-corrected chi connectivity index (χ0v) is 12.5. The van der Waals surface area contributed by atoms with Crippen molar-refractivity contribution in [2.75, 3.05) is 13.1 Å². The molecule has 0 aliphatic carbocycles. The van der Waals surface area contributed by atoms with Crippen molar-refractivity contribution in [1.29, 1.82) is 0 Å². The van der Waals surface area contributed by atoms with Crippen molar-refractivity contribution in [1.82, 2.24) is 4.90 Å². The zero-order valence-electron chi connectivity index (χ0n) is 12.5. The highest BCUT2D eigenvalue weighted by molar-refractivity contribution is 5.99. The van der Waals surface area contributed by atoms with E-state index in [9.17, 15) is 4.79 Å². The van der Waals surface area contributed by atoms with Crippen molar-refractivity contribution >= 4 is 5.78 Å². The highest BCUT2D eigenvalue weighted by Gasteiger charge is 2.35. The lowest BCUT2D eigenvalue weighted by atomic mass is 9.80. The molecule has 2 atom stereocenters. The second-order valence-electron chi connectivity index (χ2n) is 6.75. The van der Waals surface area contributed by atoms with Gasteiger partial charge < -0.3 is 0 Å². The third-order valence-corrected chi connectivity index (χ3v) is 4.43. The first-order valence-electron chi connectivity index (χ1n) is 7.23. The Morgan fingerprint density at radius 1 is 1.26 bits per heavy atom. The maximum absolute atomic E-state index is 12.4. The summed E-state index contributed by atoms with van der Waals surface area (Å²) in [6, 6.07) is 9.64. The molecule has 104 valence electrons. The molecule has 1 aromatic carbocycles. The van der Waals surface area contributed by atoms with Crippen LogP contribution in [0, 0.1) is 11.3 Å². The topological polar surface area (TPSA) is 20.3 Å². The number of ketones is 1. The van der Waals surface area contributed by atoms with E-state index in [1.54, 1.807) is 0 Å². The number of carbonyl (C=O) groups excluding carboxylic acids is 1. The molecule has 0 saturated carbocycles. The fraction of sp³-hybridized carbons (Fsp3) is 0.588. The molecule has 19 heavy (non-hydrogen) atoms. The van der Waals surface area contributed by atoms with Gasteiger partial charge in [-0.05, 0) is 31.2 Å². The second-order valence-corrected chi connectivity index (χ2v) is 6.75. The molecule has 2 unspecified atom stereocenters. The molecule has 0 N–H and O–H groups in total. The highest BCUT2D eigenvalue weighted by Crippen LogP contribution is 2.34. The molecule has 1 heterocycles. The molecule has 0 bridgehead atoms. The van der Waals surface area contributed by atoms with Crippen molar-refractivity contribution in [3.05, 3.63) is 35.9 Å². The summed E-state index contributed by atoms with van der Waals surface area (Å²) in [4.78, 5) is 14.8. The van der Waals surface area contributed by atoms with Crippen LogP contribution in [0.15, 0.2) is 30.3 Å². The third kappa shape index (κ3) is 3.24. The van der Waals surface area contributed by atoms with Gasteiger partial charge in [0.2, 0.25) is 0 Å². The van der Waals surface area contributed by atoms with E-state index in [1.165, 1.54) is 6.42 Å². The minimum Gasteiger partial charge on any atom is -0.293 e.